The Morgan fingerprint density at radius 3 is 2.16 bits per heavy atom. The highest BCUT2D eigenvalue weighted by atomic mass is 16.5. The molecule has 2 aromatic rings. The van der Waals surface area contributed by atoms with Crippen molar-refractivity contribution in [2.24, 2.45) is 0 Å². The van der Waals surface area contributed by atoms with Crippen LogP contribution in [0.2, 0.25) is 0 Å². The molecule has 1 saturated heterocycles. The predicted molar refractivity (Wildman–Crippen MR) is 158 cm³/mol. The van der Waals surface area contributed by atoms with Gasteiger partial charge in [-0.25, -0.2) is 4.98 Å². The Kier molecular flexibility index (Phi) is 7.65. The number of aromatic nitrogens is 1. The van der Waals surface area contributed by atoms with Crippen molar-refractivity contribution in [1.82, 2.24) is 25.4 Å². The third-order valence-corrected chi connectivity index (χ3v) is 9.89. The van der Waals surface area contributed by atoms with Gasteiger partial charge in [0.1, 0.15) is 12.1 Å². The number of rotatable bonds is 6. The van der Waals surface area contributed by atoms with E-state index in [2.05, 4.69) is 20.5 Å². The lowest BCUT2D eigenvalue weighted by Crippen LogP contribution is -2.54. The molecule has 2 saturated carbocycles. The highest BCUT2D eigenvalue weighted by molar-refractivity contribution is 6.23. The second-order valence-electron chi connectivity index (χ2n) is 12.8. The number of imide groups is 2. The number of fused-ring (bicyclic) bond motifs is 2. The standard InChI is InChI=1S/C33H37N5O6/c39-28-12-11-27(31(41)36-28)38-32(42)25-14-20-17-37(18-21(20)15-26(25)33(38)43)23-7-9-24(10-8-23)44-29-13-6-19(16-34-29)30(40)35-22-4-2-1-3-5-22/h6,13-16,22-24,27H,1-5,7-12,17-18H2,(H,35,40)(H,36,39,41)/t23-,24-,27?. The fourth-order valence-corrected chi connectivity index (χ4v) is 7.45. The van der Waals surface area contributed by atoms with E-state index in [1.165, 1.54) is 19.3 Å². The van der Waals surface area contributed by atoms with Gasteiger partial charge in [-0.1, -0.05) is 19.3 Å². The number of carbonyl (C=O) groups excluding carboxylic acids is 5. The Morgan fingerprint density at radius 1 is 0.864 bits per heavy atom. The molecule has 5 aliphatic rings. The number of pyridine rings is 1. The van der Waals surface area contributed by atoms with Crippen LogP contribution < -0.4 is 15.4 Å². The summed E-state index contributed by atoms with van der Waals surface area (Å²) in [6.07, 6.45) is 11.3. The van der Waals surface area contributed by atoms with Gasteiger partial charge in [0.15, 0.2) is 0 Å². The molecular formula is C33H37N5O6. The summed E-state index contributed by atoms with van der Waals surface area (Å²) in [5, 5.41) is 5.36. The third-order valence-electron chi connectivity index (χ3n) is 9.89. The van der Waals surface area contributed by atoms with Crippen LogP contribution in [0.25, 0.3) is 0 Å². The van der Waals surface area contributed by atoms with Crippen molar-refractivity contribution in [2.45, 2.75) is 108 Å². The van der Waals surface area contributed by atoms with Gasteiger partial charge in [-0.15, -0.1) is 0 Å². The molecule has 0 radical (unpaired) electrons. The molecule has 3 fully saturated rings. The minimum absolute atomic E-state index is 0.0583. The topological polar surface area (TPSA) is 138 Å². The number of hydrogen-bond donors (Lipinski definition) is 2. The van der Waals surface area contributed by atoms with Crippen molar-refractivity contribution < 1.29 is 28.7 Å². The molecular weight excluding hydrogens is 562 g/mol. The Hall–Kier alpha value is -4.12. The molecule has 1 aromatic heterocycles. The zero-order valence-corrected chi connectivity index (χ0v) is 24.7. The van der Waals surface area contributed by atoms with Gasteiger partial charge >= 0.3 is 0 Å². The monoisotopic (exact) mass is 599 g/mol. The molecule has 2 N–H and O–H groups in total. The van der Waals surface area contributed by atoms with Gasteiger partial charge < -0.3 is 10.1 Å². The molecule has 11 nitrogen and oxygen atoms in total. The quantitative estimate of drug-likeness (QED) is 0.483. The highest BCUT2D eigenvalue weighted by Gasteiger charge is 2.45. The van der Waals surface area contributed by atoms with E-state index in [1.54, 1.807) is 18.3 Å². The lowest BCUT2D eigenvalue weighted by molar-refractivity contribution is -0.136. The van der Waals surface area contributed by atoms with Crippen molar-refractivity contribution in [3.8, 4) is 5.88 Å². The maximum Gasteiger partial charge on any atom is 0.262 e. The van der Waals surface area contributed by atoms with Crippen LogP contribution >= 0.6 is 0 Å². The first-order chi connectivity index (χ1) is 21.3. The maximum absolute atomic E-state index is 13.2. The first kappa shape index (κ1) is 28.6. The molecule has 44 heavy (non-hydrogen) atoms. The van der Waals surface area contributed by atoms with Crippen LogP contribution in [-0.4, -0.2) is 68.5 Å². The maximum atomic E-state index is 13.2. The number of benzene rings is 1. The summed E-state index contributed by atoms with van der Waals surface area (Å²) in [5.41, 5.74) is 3.29. The summed E-state index contributed by atoms with van der Waals surface area (Å²) in [7, 11) is 0. The van der Waals surface area contributed by atoms with E-state index in [1.807, 2.05) is 12.1 Å². The number of nitrogens with zero attached hydrogens (tertiary/aromatic N) is 3. The number of nitrogens with one attached hydrogen (secondary N) is 2. The number of piperidine rings is 1. The molecule has 7 rings (SSSR count). The zero-order valence-electron chi connectivity index (χ0n) is 24.7. The summed E-state index contributed by atoms with van der Waals surface area (Å²) in [6, 6.07) is 6.86. The van der Waals surface area contributed by atoms with Gasteiger partial charge in [0.2, 0.25) is 17.7 Å². The van der Waals surface area contributed by atoms with E-state index in [0.717, 1.165) is 54.6 Å². The number of hydrogen-bond acceptors (Lipinski definition) is 8. The van der Waals surface area contributed by atoms with Crippen molar-refractivity contribution in [3.05, 3.63) is 58.3 Å². The van der Waals surface area contributed by atoms with Gasteiger partial charge in [-0.2, -0.15) is 0 Å². The van der Waals surface area contributed by atoms with Crippen LogP contribution in [0.3, 0.4) is 0 Å². The summed E-state index contributed by atoms with van der Waals surface area (Å²) in [6.45, 7) is 1.40. The summed E-state index contributed by atoms with van der Waals surface area (Å²) in [4.78, 5) is 70.8. The smallest absolute Gasteiger partial charge is 0.262 e. The molecule has 11 heteroatoms. The van der Waals surface area contributed by atoms with Gasteiger partial charge in [-0.05, 0) is 74.3 Å². The van der Waals surface area contributed by atoms with Gasteiger partial charge in [0, 0.05) is 43.9 Å². The van der Waals surface area contributed by atoms with Crippen LogP contribution in [0.4, 0.5) is 0 Å². The molecule has 1 unspecified atom stereocenters. The average Bonchev–Trinajstić information content (AvgIpc) is 3.55. The molecule has 5 amide bonds. The minimum atomic E-state index is -0.956. The fourth-order valence-electron chi connectivity index (χ4n) is 7.45. The van der Waals surface area contributed by atoms with Crippen LogP contribution in [0.5, 0.6) is 5.88 Å². The SMILES string of the molecule is O=C1CCC(N2C(=O)c3cc4c(cc3C2=O)CN([C@H]2CC[C@H](Oc3ccc(C(=O)NC5CCCCC5)cn3)CC2)C4)C(=O)N1. The lowest BCUT2D eigenvalue weighted by atomic mass is 9.92. The fraction of sp³-hybridized carbons (Fsp3) is 0.515. The van der Waals surface area contributed by atoms with E-state index in [9.17, 15) is 24.0 Å². The molecule has 1 aromatic carbocycles. The summed E-state index contributed by atoms with van der Waals surface area (Å²) in [5.74, 6) is -1.46. The normalized spacial score (nSPS) is 25.9. The molecule has 1 atom stereocenters. The van der Waals surface area contributed by atoms with Crippen molar-refractivity contribution in [2.75, 3.05) is 0 Å². The van der Waals surface area contributed by atoms with E-state index in [-0.39, 0.29) is 36.8 Å². The van der Waals surface area contributed by atoms with Gasteiger partial charge in [-0.3, -0.25) is 39.1 Å². The van der Waals surface area contributed by atoms with Crippen LogP contribution in [-0.2, 0) is 22.7 Å². The van der Waals surface area contributed by atoms with Crippen molar-refractivity contribution in [1.29, 1.82) is 0 Å². The molecule has 2 aliphatic carbocycles. The van der Waals surface area contributed by atoms with E-state index >= 15 is 0 Å². The van der Waals surface area contributed by atoms with Crippen LogP contribution in [0.15, 0.2) is 30.5 Å². The molecule has 4 heterocycles. The Morgan fingerprint density at radius 2 is 1.55 bits per heavy atom. The van der Waals surface area contributed by atoms with Crippen LogP contribution in [0, 0.1) is 0 Å². The lowest BCUT2D eigenvalue weighted by Gasteiger charge is -2.34. The second-order valence-corrected chi connectivity index (χ2v) is 12.8. The second kappa shape index (κ2) is 11.8. The number of carbonyl (C=O) groups is 5. The van der Waals surface area contributed by atoms with E-state index in [4.69, 9.17) is 4.74 Å². The van der Waals surface area contributed by atoms with Gasteiger partial charge in [0.25, 0.3) is 17.7 Å². The van der Waals surface area contributed by atoms with Crippen molar-refractivity contribution >= 4 is 29.5 Å². The first-order valence-corrected chi connectivity index (χ1v) is 15.9. The largest absolute Gasteiger partial charge is 0.474 e. The van der Waals surface area contributed by atoms with Crippen LogP contribution in [0.1, 0.15) is 113 Å². The number of amides is 5. The highest BCUT2D eigenvalue weighted by Crippen LogP contribution is 2.36. The number of ether oxygens (including phenoxy) is 1. The molecule has 230 valence electrons. The summed E-state index contributed by atoms with van der Waals surface area (Å²) < 4.78 is 6.18. The molecule has 0 bridgehead atoms. The zero-order chi connectivity index (χ0) is 30.4. The molecule has 0 spiro atoms. The van der Waals surface area contributed by atoms with Crippen molar-refractivity contribution in [3.63, 3.8) is 0 Å². The predicted octanol–water partition coefficient (Wildman–Crippen LogP) is 3.25. The first-order valence-electron chi connectivity index (χ1n) is 15.9. The molecule has 3 aliphatic heterocycles. The summed E-state index contributed by atoms with van der Waals surface area (Å²) >= 11 is 0. The minimum Gasteiger partial charge on any atom is -0.474 e. The Labute approximate surface area is 255 Å². The van der Waals surface area contributed by atoms with Gasteiger partial charge in [0.05, 0.1) is 16.7 Å². The Bertz CT molecular complexity index is 1460. The third kappa shape index (κ3) is 5.49. The van der Waals surface area contributed by atoms with E-state index < -0.39 is 23.8 Å². The van der Waals surface area contributed by atoms with E-state index in [0.29, 0.717) is 41.7 Å². The Balaban J connectivity index is 0.918. The average molecular weight is 600 g/mol.